The van der Waals surface area contributed by atoms with E-state index in [-0.39, 0.29) is 5.97 Å². The fraction of sp³-hybridized carbons (Fsp3) is 0.800. The van der Waals surface area contributed by atoms with Crippen molar-refractivity contribution < 1.29 is 9.53 Å². The molecular formula is C5H10BrNO2. The average molecular weight is 196 g/mol. The molecule has 0 aliphatic heterocycles. The van der Waals surface area contributed by atoms with E-state index in [0.717, 1.165) is 0 Å². The molecule has 0 heterocycles. The highest BCUT2D eigenvalue weighted by Gasteiger charge is 1.97. The second-order valence-corrected chi connectivity index (χ2v) is 2.24. The predicted octanol–water partition coefficient (Wildman–Crippen LogP) is 0.273. The van der Waals surface area contributed by atoms with Crippen molar-refractivity contribution in [1.29, 1.82) is 0 Å². The number of nitrogens with two attached hydrogens (primary N) is 1. The fourth-order valence-electron chi connectivity index (χ4n) is 0.342. The van der Waals surface area contributed by atoms with Gasteiger partial charge >= 0.3 is 5.97 Å². The molecule has 4 heteroatoms. The molecule has 3 nitrogen and oxygen atoms in total. The summed E-state index contributed by atoms with van der Waals surface area (Å²) in [5.74, 6) is -0.225. The normalized spacial score (nSPS) is 9.11. The van der Waals surface area contributed by atoms with Crippen LogP contribution in [0.1, 0.15) is 6.42 Å². The summed E-state index contributed by atoms with van der Waals surface area (Å²) in [6, 6.07) is 0. The second-order valence-electron chi connectivity index (χ2n) is 1.45. The summed E-state index contributed by atoms with van der Waals surface area (Å²) in [6.45, 7) is 0.792. The van der Waals surface area contributed by atoms with Gasteiger partial charge in [0.25, 0.3) is 0 Å². The molecule has 0 atom stereocenters. The molecule has 0 unspecified atom stereocenters. The quantitative estimate of drug-likeness (QED) is 0.518. The number of hydrogen-bond donors (Lipinski definition) is 1. The first kappa shape index (κ1) is 8.91. The van der Waals surface area contributed by atoms with Crippen molar-refractivity contribution in [3.8, 4) is 0 Å². The van der Waals surface area contributed by atoms with Gasteiger partial charge in [0.1, 0.15) is 6.61 Å². The number of hydrogen-bond acceptors (Lipinski definition) is 3. The van der Waals surface area contributed by atoms with Gasteiger partial charge in [-0.25, -0.2) is 0 Å². The maximum Gasteiger partial charge on any atom is 0.307 e. The number of esters is 1. The number of alkyl halides is 1. The Morgan fingerprint density at radius 3 is 2.78 bits per heavy atom. The average Bonchev–Trinajstić information content (AvgIpc) is 1.85. The standard InChI is InChI=1S/C5H10BrNO2/c6-2-4-9-5(8)1-3-7/h1-4,7H2. The van der Waals surface area contributed by atoms with Gasteiger partial charge < -0.3 is 10.5 Å². The number of carbonyl (C=O) groups is 1. The van der Waals surface area contributed by atoms with Gasteiger partial charge in [-0.15, -0.1) is 0 Å². The van der Waals surface area contributed by atoms with Crippen molar-refractivity contribution >= 4 is 21.9 Å². The van der Waals surface area contributed by atoms with Crippen LogP contribution in [0.25, 0.3) is 0 Å². The molecule has 0 saturated heterocycles. The third-order valence-electron chi connectivity index (χ3n) is 0.689. The molecule has 0 radical (unpaired) electrons. The maximum atomic E-state index is 10.5. The van der Waals surface area contributed by atoms with Gasteiger partial charge in [-0.2, -0.15) is 0 Å². The molecule has 0 saturated carbocycles. The lowest BCUT2D eigenvalue weighted by Gasteiger charge is -1.98. The minimum Gasteiger partial charge on any atom is -0.465 e. The van der Waals surface area contributed by atoms with Crippen LogP contribution >= 0.6 is 15.9 Å². The summed E-state index contributed by atoms with van der Waals surface area (Å²) in [5.41, 5.74) is 5.09. The van der Waals surface area contributed by atoms with E-state index in [1.54, 1.807) is 0 Å². The van der Waals surface area contributed by atoms with Gasteiger partial charge in [0.2, 0.25) is 0 Å². The summed E-state index contributed by atoms with van der Waals surface area (Å²) in [6.07, 6.45) is 0.312. The molecule has 0 aromatic carbocycles. The van der Waals surface area contributed by atoms with E-state index in [9.17, 15) is 4.79 Å². The van der Waals surface area contributed by atoms with Gasteiger partial charge in [-0.1, -0.05) is 15.9 Å². The predicted molar refractivity (Wildman–Crippen MR) is 38.4 cm³/mol. The second kappa shape index (κ2) is 6.04. The summed E-state index contributed by atoms with van der Waals surface area (Å²) in [7, 11) is 0. The number of carbonyl (C=O) groups excluding carboxylic acids is 1. The first-order valence-corrected chi connectivity index (χ1v) is 3.85. The summed E-state index contributed by atoms with van der Waals surface area (Å²) >= 11 is 3.12. The van der Waals surface area contributed by atoms with Crippen molar-refractivity contribution in [3.05, 3.63) is 0 Å². The van der Waals surface area contributed by atoms with Gasteiger partial charge in [0, 0.05) is 11.9 Å². The van der Waals surface area contributed by atoms with Gasteiger partial charge in [-0.05, 0) is 0 Å². The van der Waals surface area contributed by atoms with Crippen LogP contribution in [0.2, 0.25) is 0 Å². The number of ether oxygens (including phenoxy) is 1. The monoisotopic (exact) mass is 195 g/mol. The van der Waals surface area contributed by atoms with Crippen molar-refractivity contribution in [2.45, 2.75) is 6.42 Å². The first-order valence-electron chi connectivity index (χ1n) is 2.73. The SMILES string of the molecule is NCCC(=O)OCCBr. The van der Waals surface area contributed by atoms with E-state index < -0.39 is 0 Å². The van der Waals surface area contributed by atoms with Crippen LogP contribution in [-0.4, -0.2) is 24.5 Å². The Kier molecular flexibility index (Phi) is 5.98. The minimum absolute atomic E-state index is 0.225. The lowest BCUT2D eigenvalue weighted by molar-refractivity contribution is -0.142. The van der Waals surface area contributed by atoms with E-state index in [1.807, 2.05) is 0 Å². The molecule has 0 fully saturated rings. The molecule has 0 amide bonds. The Morgan fingerprint density at radius 1 is 1.67 bits per heavy atom. The smallest absolute Gasteiger partial charge is 0.307 e. The topological polar surface area (TPSA) is 52.3 Å². The molecular weight excluding hydrogens is 186 g/mol. The Labute approximate surface area is 62.7 Å². The molecule has 9 heavy (non-hydrogen) atoms. The van der Waals surface area contributed by atoms with E-state index in [2.05, 4.69) is 20.7 Å². The Bertz CT molecular complexity index is 87.0. The number of rotatable bonds is 4. The fourth-order valence-corrected chi connectivity index (χ4v) is 0.504. The van der Waals surface area contributed by atoms with E-state index in [0.29, 0.717) is 24.9 Å². The third-order valence-corrected chi connectivity index (χ3v) is 1.01. The molecule has 0 aliphatic carbocycles. The van der Waals surface area contributed by atoms with Crippen LogP contribution in [-0.2, 0) is 9.53 Å². The summed E-state index contributed by atoms with van der Waals surface area (Å²) < 4.78 is 4.67. The molecule has 54 valence electrons. The summed E-state index contributed by atoms with van der Waals surface area (Å²) in [5, 5.41) is 0.684. The van der Waals surface area contributed by atoms with Crippen LogP contribution in [0.5, 0.6) is 0 Å². The Balaban J connectivity index is 3.06. The van der Waals surface area contributed by atoms with Crippen molar-refractivity contribution in [2.24, 2.45) is 5.73 Å². The van der Waals surface area contributed by atoms with E-state index in [1.165, 1.54) is 0 Å². The molecule has 0 bridgehead atoms. The van der Waals surface area contributed by atoms with Crippen LogP contribution in [0.15, 0.2) is 0 Å². The van der Waals surface area contributed by atoms with Gasteiger partial charge in [-0.3, -0.25) is 4.79 Å². The van der Waals surface area contributed by atoms with Crippen molar-refractivity contribution in [1.82, 2.24) is 0 Å². The van der Waals surface area contributed by atoms with Crippen LogP contribution in [0.3, 0.4) is 0 Å². The zero-order chi connectivity index (χ0) is 7.11. The molecule has 0 aliphatic rings. The highest BCUT2D eigenvalue weighted by atomic mass is 79.9. The zero-order valence-corrected chi connectivity index (χ0v) is 6.69. The van der Waals surface area contributed by atoms with Crippen LogP contribution < -0.4 is 5.73 Å². The van der Waals surface area contributed by atoms with Gasteiger partial charge in [0.05, 0.1) is 6.42 Å². The molecule has 0 spiro atoms. The van der Waals surface area contributed by atoms with E-state index in [4.69, 9.17) is 5.73 Å². The molecule has 2 N–H and O–H groups in total. The molecule has 0 aromatic heterocycles. The van der Waals surface area contributed by atoms with Gasteiger partial charge in [0.15, 0.2) is 0 Å². The zero-order valence-electron chi connectivity index (χ0n) is 5.10. The minimum atomic E-state index is -0.225. The molecule has 0 aromatic rings. The lowest BCUT2D eigenvalue weighted by atomic mass is 10.4. The molecule has 0 rings (SSSR count). The van der Waals surface area contributed by atoms with Crippen LogP contribution in [0.4, 0.5) is 0 Å². The first-order chi connectivity index (χ1) is 4.31. The van der Waals surface area contributed by atoms with E-state index >= 15 is 0 Å². The lowest BCUT2D eigenvalue weighted by Crippen LogP contribution is -2.12. The van der Waals surface area contributed by atoms with Crippen molar-refractivity contribution in [2.75, 3.05) is 18.5 Å². The maximum absolute atomic E-state index is 10.5. The van der Waals surface area contributed by atoms with Crippen molar-refractivity contribution in [3.63, 3.8) is 0 Å². The highest BCUT2D eigenvalue weighted by Crippen LogP contribution is 1.85. The highest BCUT2D eigenvalue weighted by molar-refractivity contribution is 9.09. The van der Waals surface area contributed by atoms with Crippen LogP contribution in [0, 0.1) is 0 Å². The number of halogens is 1. The summed E-state index contributed by atoms with van der Waals surface area (Å²) in [4.78, 5) is 10.5. The largest absolute Gasteiger partial charge is 0.465 e. The third kappa shape index (κ3) is 5.79. The Hall–Kier alpha value is -0.0900. The Morgan fingerprint density at radius 2 is 2.33 bits per heavy atom.